The Morgan fingerprint density at radius 3 is 2.79 bits per heavy atom. The Balaban J connectivity index is 1.46. The number of ether oxygens (including phenoxy) is 2. The molecule has 0 spiro atoms. The molecule has 3 heterocycles. The number of carbonyl (C=O) groups is 1. The summed E-state index contributed by atoms with van der Waals surface area (Å²) in [6, 6.07) is 7.60. The topological polar surface area (TPSA) is 83.7 Å². The third kappa shape index (κ3) is 3.69. The van der Waals surface area contributed by atoms with Gasteiger partial charge in [-0.2, -0.15) is 0 Å². The molecular weight excluding hydrogens is 358 g/mol. The lowest BCUT2D eigenvalue weighted by atomic mass is 10.0. The van der Waals surface area contributed by atoms with Crippen molar-refractivity contribution in [2.45, 2.75) is 32.7 Å². The van der Waals surface area contributed by atoms with E-state index >= 15 is 0 Å². The van der Waals surface area contributed by atoms with Crippen molar-refractivity contribution in [2.24, 2.45) is 0 Å². The SMILES string of the molecule is Cc1cc(C(=O)N2CCC[C@H](Nc3ccc4c(c3)OCCO4)C2)c(=O)[nH]c1C. The minimum atomic E-state index is -0.324. The van der Waals surface area contributed by atoms with Gasteiger partial charge < -0.3 is 24.7 Å². The van der Waals surface area contributed by atoms with E-state index in [4.69, 9.17) is 9.47 Å². The standard InChI is InChI=1S/C21H25N3O4/c1-13-10-17(20(25)22-14(13)2)21(26)24-7-3-4-16(12-24)23-15-5-6-18-19(11-15)28-9-8-27-18/h5-6,10-11,16,23H,3-4,7-9,12H2,1-2H3,(H,22,25)/t16-/m0/s1. The van der Waals surface area contributed by atoms with Crippen LogP contribution in [-0.2, 0) is 0 Å². The van der Waals surface area contributed by atoms with Gasteiger partial charge in [-0.25, -0.2) is 0 Å². The van der Waals surface area contributed by atoms with Crippen molar-refractivity contribution in [3.05, 3.63) is 51.4 Å². The number of aromatic nitrogens is 1. The molecule has 2 N–H and O–H groups in total. The minimum absolute atomic E-state index is 0.117. The van der Waals surface area contributed by atoms with Crippen LogP contribution in [-0.4, -0.2) is 48.1 Å². The molecule has 1 aromatic carbocycles. The molecule has 1 atom stereocenters. The largest absolute Gasteiger partial charge is 0.486 e. The van der Waals surface area contributed by atoms with E-state index in [-0.39, 0.29) is 23.1 Å². The van der Waals surface area contributed by atoms with Gasteiger partial charge >= 0.3 is 0 Å². The highest BCUT2D eigenvalue weighted by molar-refractivity contribution is 5.94. The van der Waals surface area contributed by atoms with Crippen LogP contribution in [0.2, 0.25) is 0 Å². The highest BCUT2D eigenvalue weighted by atomic mass is 16.6. The second-order valence-electron chi connectivity index (χ2n) is 7.41. The molecule has 0 unspecified atom stereocenters. The van der Waals surface area contributed by atoms with Crippen molar-refractivity contribution in [3.8, 4) is 11.5 Å². The second-order valence-corrected chi connectivity index (χ2v) is 7.41. The third-order valence-electron chi connectivity index (χ3n) is 5.35. The summed E-state index contributed by atoms with van der Waals surface area (Å²) in [5.41, 5.74) is 2.52. The average molecular weight is 383 g/mol. The Hall–Kier alpha value is -2.96. The van der Waals surface area contributed by atoms with Gasteiger partial charge in [-0.1, -0.05) is 0 Å². The quantitative estimate of drug-likeness (QED) is 0.851. The molecule has 28 heavy (non-hydrogen) atoms. The number of likely N-dealkylation sites (tertiary alicyclic amines) is 1. The molecule has 0 bridgehead atoms. The number of carbonyl (C=O) groups excluding carboxylic acids is 1. The van der Waals surface area contributed by atoms with Crippen LogP contribution in [0.1, 0.15) is 34.5 Å². The number of anilines is 1. The van der Waals surface area contributed by atoms with Crippen LogP contribution in [0.3, 0.4) is 0 Å². The van der Waals surface area contributed by atoms with Crippen molar-refractivity contribution >= 4 is 11.6 Å². The summed E-state index contributed by atoms with van der Waals surface area (Å²) in [5, 5.41) is 3.49. The molecule has 7 heteroatoms. The van der Waals surface area contributed by atoms with Gasteiger partial charge in [0.2, 0.25) is 0 Å². The first-order valence-electron chi connectivity index (χ1n) is 9.67. The first-order chi connectivity index (χ1) is 13.5. The number of nitrogens with one attached hydrogen (secondary N) is 2. The van der Waals surface area contributed by atoms with Gasteiger partial charge in [0, 0.05) is 36.6 Å². The molecule has 2 aliphatic heterocycles. The molecule has 0 aliphatic carbocycles. The van der Waals surface area contributed by atoms with Gasteiger partial charge in [0.1, 0.15) is 18.8 Å². The van der Waals surface area contributed by atoms with Crippen LogP contribution in [0, 0.1) is 13.8 Å². The van der Waals surface area contributed by atoms with Gasteiger partial charge in [-0.05, 0) is 50.5 Å². The van der Waals surface area contributed by atoms with Gasteiger partial charge in [0.15, 0.2) is 11.5 Å². The Morgan fingerprint density at radius 1 is 1.18 bits per heavy atom. The Bertz CT molecular complexity index is 953. The molecule has 7 nitrogen and oxygen atoms in total. The summed E-state index contributed by atoms with van der Waals surface area (Å²) in [7, 11) is 0. The smallest absolute Gasteiger partial charge is 0.261 e. The van der Waals surface area contributed by atoms with E-state index in [1.807, 2.05) is 32.0 Å². The van der Waals surface area contributed by atoms with Crippen molar-refractivity contribution in [1.82, 2.24) is 9.88 Å². The van der Waals surface area contributed by atoms with E-state index < -0.39 is 0 Å². The number of amides is 1. The maximum absolute atomic E-state index is 12.9. The van der Waals surface area contributed by atoms with Gasteiger partial charge in [-0.15, -0.1) is 0 Å². The number of fused-ring (bicyclic) bond motifs is 1. The average Bonchev–Trinajstić information content (AvgIpc) is 2.70. The number of aromatic amines is 1. The molecule has 2 aliphatic rings. The van der Waals surface area contributed by atoms with Gasteiger partial charge in [-0.3, -0.25) is 9.59 Å². The molecule has 1 aromatic heterocycles. The zero-order valence-corrected chi connectivity index (χ0v) is 16.2. The fourth-order valence-corrected chi connectivity index (χ4v) is 3.70. The van der Waals surface area contributed by atoms with Gasteiger partial charge in [0.25, 0.3) is 11.5 Å². The number of nitrogens with zero attached hydrogens (tertiary/aromatic N) is 1. The minimum Gasteiger partial charge on any atom is -0.486 e. The Morgan fingerprint density at radius 2 is 1.96 bits per heavy atom. The summed E-state index contributed by atoms with van der Waals surface area (Å²) < 4.78 is 11.2. The highest BCUT2D eigenvalue weighted by Crippen LogP contribution is 2.33. The van der Waals surface area contributed by atoms with E-state index in [1.165, 1.54) is 0 Å². The number of aryl methyl sites for hydroxylation is 2. The second kappa shape index (κ2) is 7.58. The third-order valence-corrected chi connectivity index (χ3v) is 5.35. The Labute approximate surface area is 163 Å². The number of benzene rings is 1. The molecule has 4 rings (SSSR count). The molecular formula is C21H25N3O4. The summed E-state index contributed by atoms with van der Waals surface area (Å²) in [4.78, 5) is 29.7. The summed E-state index contributed by atoms with van der Waals surface area (Å²) in [6.45, 7) is 6.05. The number of piperidine rings is 1. The number of pyridine rings is 1. The van der Waals surface area contributed by atoms with Crippen LogP contribution in [0.5, 0.6) is 11.5 Å². The van der Waals surface area contributed by atoms with E-state index in [0.29, 0.717) is 26.3 Å². The fraction of sp³-hybridized carbons (Fsp3) is 0.429. The van der Waals surface area contributed by atoms with Crippen molar-refractivity contribution in [2.75, 3.05) is 31.6 Å². The maximum Gasteiger partial charge on any atom is 0.261 e. The molecule has 0 saturated carbocycles. The normalized spacial score (nSPS) is 18.6. The molecule has 2 aromatic rings. The van der Waals surface area contributed by atoms with Crippen LogP contribution >= 0.6 is 0 Å². The first kappa shape index (κ1) is 18.4. The van der Waals surface area contributed by atoms with Crippen LogP contribution in [0.4, 0.5) is 5.69 Å². The van der Waals surface area contributed by atoms with E-state index in [2.05, 4.69) is 10.3 Å². The van der Waals surface area contributed by atoms with Crippen LogP contribution in [0.25, 0.3) is 0 Å². The fourth-order valence-electron chi connectivity index (χ4n) is 3.70. The summed E-state index contributed by atoms with van der Waals surface area (Å²) >= 11 is 0. The van der Waals surface area contributed by atoms with Crippen LogP contribution in [0.15, 0.2) is 29.1 Å². The van der Waals surface area contributed by atoms with E-state index in [0.717, 1.165) is 41.3 Å². The van der Waals surface area contributed by atoms with E-state index in [1.54, 1.807) is 11.0 Å². The lowest BCUT2D eigenvalue weighted by molar-refractivity contribution is 0.0713. The van der Waals surface area contributed by atoms with Crippen molar-refractivity contribution < 1.29 is 14.3 Å². The number of rotatable bonds is 3. The molecule has 1 fully saturated rings. The predicted octanol–water partition coefficient (Wildman–Crippen LogP) is 2.48. The Kier molecular flexibility index (Phi) is 4.98. The monoisotopic (exact) mass is 383 g/mol. The summed E-state index contributed by atoms with van der Waals surface area (Å²) in [6.07, 6.45) is 1.85. The summed E-state index contributed by atoms with van der Waals surface area (Å²) in [5.74, 6) is 1.28. The molecule has 1 saturated heterocycles. The predicted molar refractivity (Wildman–Crippen MR) is 107 cm³/mol. The number of hydrogen-bond acceptors (Lipinski definition) is 5. The zero-order chi connectivity index (χ0) is 19.7. The van der Waals surface area contributed by atoms with Crippen molar-refractivity contribution in [3.63, 3.8) is 0 Å². The molecule has 0 radical (unpaired) electrons. The van der Waals surface area contributed by atoms with Gasteiger partial charge in [0.05, 0.1) is 0 Å². The van der Waals surface area contributed by atoms with Crippen molar-refractivity contribution in [1.29, 1.82) is 0 Å². The zero-order valence-electron chi connectivity index (χ0n) is 16.2. The number of H-pyrrole nitrogens is 1. The highest BCUT2D eigenvalue weighted by Gasteiger charge is 2.26. The lowest BCUT2D eigenvalue weighted by Crippen LogP contribution is -2.46. The number of hydrogen-bond donors (Lipinski definition) is 2. The molecule has 1 amide bonds. The lowest BCUT2D eigenvalue weighted by Gasteiger charge is -2.34. The van der Waals surface area contributed by atoms with E-state index in [9.17, 15) is 9.59 Å². The molecule has 148 valence electrons. The maximum atomic E-state index is 12.9. The first-order valence-corrected chi connectivity index (χ1v) is 9.67. The van der Waals surface area contributed by atoms with Crippen LogP contribution < -0.4 is 20.3 Å².